The van der Waals surface area contributed by atoms with Crippen molar-refractivity contribution in [3.05, 3.63) is 0 Å². The second-order valence-corrected chi connectivity index (χ2v) is 3.54. The molecule has 0 radical (unpaired) electrons. The molecule has 1 unspecified atom stereocenters. The van der Waals surface area contributed by atoms with E-state index in [2.05, 4.69) is 4.99 Å². The van der Waals surface area contributed by atoms with Gasteiger partial charge < -0.3 is 14.6 Å². The predicted molar refractivity (Wildman–Crippen MR) is 54.7 cm³/mol. The minimum atomic E-state index is -0.782. The maximum atomic E-state index is 11.0. The van der Waals surface area contributed by atoms with Crippen LogP contribution in [0.25, 0.3) is 0 Å². The maximum Gasteiger partial charge on any atom is 0.305 e. The highest BCUT2D eigenvalue weighted by molar-refractivity contribution is 5.78. The normalized spacial score (nSPS) is 24.6. The van der Waals surface area contributed by atoms with E-state index >= 15 is 0 Å². The molecule has 0 saturated heterocycles. The lowest BCUT2D eigenvalue weighted by Crippen LogP contribution is -2.39. The quantitative estimate of drug-likeness (QED) is 0.678. The molecule has 1 aliphatic rings. The summed E-state index contributed by atoms with van der Waals surface area (Å²) in [5.41, 5.74) is -0.782. The van der Waals surface area contributed by atoms with Gasteiger partial charge in [0, 0.05) is 12.8 Å². The van der Waals surface area contributed by atoms with Crippen LogP contribution in [0.4, 0.5) is 0 Å². The molecule has 0 aromatic rings. The van der Waals surface area contributed by atoms with Gasteiger partial charge >= 0.3 is 5.97 Å². The van der Waals surface area contributed by atoms with Crippen molar-refractivity contribution in [2.45, 2.75) is 32.2 Å². The van der Waals surface area contributed by atoms with Crippen molar-refractivity contribution in [3.8, 4) is 0 Å². The first-order chi connectivity index (χ1) is 7.15. The van der Waals surface area contributed by atoms with Gasteiger partial charge in [-0.15, -0.1) is 0 Å². The van der Waals surface area contributed by atoms with Crippen LogP contribution in [0, 0.1) is 0 Å². The van der Waals surface area contributed by atoms with Gasteiger partial charge in [-0.3, -0.25) is 4.79 Å². The van der Waals surface area contributed by atoms with Gasteiger partial charge in [-0.1, -0.05) is 13.8 Å². The smallest absolute Gasteiger partial charge is 0.305 e. The Labute approximate surface area is 89.1 Å². The van der Waals surface area contributed by atoms with E-state index in [-0.39, 0.29) is 25.8 Å². The third-order valence-electron chi connectivity index (χ3n) is 2.26. The highest BCUT2D eigenvalue weighted by Gasteiger charge is 2.37. The molecule has 0 amide bonds. The third kappa shape index (κ3) is 2.92. The Morgan fingerprint density at radius 3 is 2.87 bits per heavy atom. The lowest BCUT2D eigenvalue weighted by Gasteiger charge is -2.20. The number of esters is 1. The van der Waals surface area contributed by atoms with Crippen molar-refractivity contribution < 1.29 is 19.4 Å². The van der Waals surface area contributed by atoms with Crippen LogP contribution < -0.4 is 0 Å². The van der Waals surface area contributed by atoms with Gasteiger partial charge in [0.15, 0.2) is 11.4 Å². The van der Waals surface area contributed by atoms with E-state index in [1.54, 1.807) is 6.92 Å². The third-order valence-corrected chi connectivity index (χ3v) is 2.26. The second-order valence-electron chi connectivity index (χ2n) is 3.54. The van der Waals surface area contributed by atoms with E-state index in [9.17, 15) is 9.90 Å². The molecule has 1 aliphatic heterocycles. The molecule has 5 heteroatoms. The number of carbonyl (C=O) groups excluding carboxylic acids is 1. The first-order valence-electron chi connectivity index (χ1n) is 5.14. The fraction of sp³-hybridized carbons (Fsp3) is 0.800. The van der Waals surface area contributed by atoms with Crippen molar-refractivity contribution in [1.29, 1.82) is 0 Å². The number of hydrogen-bond donors (Lipinski definition) is 1. The van der Waals surface area contributed by atoms with Gasteiger partial charge in [-0.2, -0.15) is 0 Å². The lowest BCUT2D eigenvalue weighted by molar-refractivity contribution is -0.145. The summed E-state index contributed by atoms with van der Waals surface area (Å²) in [5, 5.41) is 9.24. The summed E-state index contributed by atoms with van der Waals surface area (Å²) in [4.78, 5) is 15.2. The van der Waals surface area contributed by atoms with E-state index in [1.807, 2.05) is 6.92 Å². The Balaban J connectivity index is 2.55. The lowest BCUT2D eigenvalue weighted by atomic mass is 10.1. The van der Waals surface area contributed by atoms with Crippen molar-refractivity contribution >= 4 is 11.9 Å². The van der Waals surface area contributed by atoms with Crippen molar-refractivity contribution in [2.24, 2.45) is 4.99 Å². The summed E-state index contributed by atoms with van der Waals surface area (Å²) in [6.45, 7) is 3.83. The monoisotopic (exact) mass is 215 g/mol. The number of aliphatic imine (C=N–C) groups is 1. The molecule has 0 aromatic heterocycles. The SMILES string of the molecule is CCC(=O)OCC1(CO)COC(CC)=N1. The van der Waals surface area contributed by atoms with Crippen LogP contribution in [-0.4, -0.2) is 42.3 Å². The van der Waals surface area contributed by atoms with E-state index < -0.39 is 5.54 Å². The molecule has 0 bridgehead atoms. The van der Waals surface area contributed by atoms with E-state index in [1.165, 1.54) is 0 Å². The van der Waals surface area contributed by atoms with Crippen LogP contribution in [0.2, 0.25) is 0 Å². The summed E-state index contributed by atoms with van der Waals surface area (Å²) >= 11 is 0. The summed E-state index contributed by atoms with van der Waals surface area (Å²) in [5.74, 6) is 0.319. The summed E-state index contributed by atoms with van der Waals surface area (Å²) in [6, 6.07) is 0. The van der Waals surface area contributed by atoms with Crippen LogP contribution >= 0.6 is 0 Å². The minimum absolute atomic E-state index is 0.0830. The van der Waals surface area contributed by atoms with Crippen molar-refractivity contribution in [3.63, 3.8) is 0 Å². The average Bonchev–Trinajstić information content (AvgIpc) is 2.70. The van der Waals surface area contributed by atoms with E-state index in [0.717, 1.165) is 0 Å². The van der Waals surface area contributed by atoms with Crippen LogP contribution in [-0.2, 0) is 14.3 Å². The zero-order valence-corrected chi connectivity index (χ0v) is 9.15. The molecule has 0 fully saturated rings. The number of ether oxygens (including phenoxy) is 2. The average molecular weight is 215 g/mol. The molecular weight excluding hydrogens is 198 g/mol. The van der Waals surface area contributed by atoms with Crippen LogP contribution in [0.5, 0.6) is 0 Å². The number of rotatable bonds is 5. The molecule has 0 aromatic carbocycles. The fourth-order valence-electron chi connectivity index (χ4n) is 1.25. The maximum absolute atomic E-state index is 11.0. The zero-order valence-electron chi connectivity index (χ0n) is 9.15. The molecule has 0 aliphatic carbocycles. The Morgan fingerprint density at radius 1 is 1.67 bits per heavy atom. The highest BCUT2D eigenvalue weighted by atomic mass is 16.5. The van der Waals surface area contributed by atoms with E-state index in [0.29, 0.717) is 18.7 Å². The topological polar surface area (TPSA) is 68.1 Å². The van der Waals surface area contributed by atoms with Crippen LogP contribution in [0.15, 0.2) is 4.99 Å². The largest absolute Gasteiger partial charge is 0.478 e. The number of nitrogens with zero attached hydrogens (tertiary/aromatic N) is 1. The van der Waals surface area contributed by atoms with Crippen LogP contribution in [0.3, 0.4) is 0 Å². The fourth-order valence-corrected chi connectivity index (χ4v) is 1.25. The Morgan fingerprint density at radius 2 is 2.40 bits per heavy atom. The van der Waals surface area contributed by atoms with Gasteiger partial charge in [0.05, 0.1) is 6.61 Å². The molecule has 1 atom stereocenters. The number of hydrogen-bond acceptors (Lipinski definition) is 5. The molecule has 15 heavy (non-hydrogen) atoms. The Kier molecular flexibility index (Phi) is 4.08. The van der Waals surface area contributed by atoms with E-state index in [4.69, 9.17) is 9.47 Å². The molecule has 1 heterocycles. The molecule has 1 N–H and O–H groups in total. The highest BCUT2D eigenvalue weighted by Crippen LogP contribution is 2.20. The van der Waals surface area contributed by atoms with Gasteiger partial charge in [-0.25, -0.2) is 4.99 Å². The van der Waals surface area contributed by atoms with Gasteiger partial charge in [0.2, 0.25) is 0 Å². The first kappa shape index (κ1) is 12.0. The first-order valence-corrected chi connectivity index (χ1v) is 5.14. The Hall–Kier alpha value is -1.10. The summed E-state index contributed by atoms with van der Waals surface area (Å²) in [7, 11) is 0. The molecule has 0 spiro atoms. The Bertz CT molecular complexity index is 264. The minimum Gasteiger partial charge on any atom is -0.478 e. The van der Waals surface area contributed by atoms with Gasteiger partial charge in [0.25, 0.3) is 0 Å². The van der Waals surface area contributed by atoms with Gasteiger partial charge in [-0.05, 0) is 0 Å². The second kappa shape index (κ2) is 5.11. The van der Waals surface area contributed by atoms with Crippen molar-refractivity contribution in [1.82, 2.24) is 0 Å². The predicted octanol–water partition coefficient (Wildman–Crippen LogP) is 0.509. The molecule has 0 saturated carbocycles. The molecule has 86 valence electrons. The van der Waals surface area contributed by atoms with Crippen LogP contribution in [0.1, 0.15) is 26.7 Å². The summed E-state index contributed by atoms with van der Waals surface area (Å²) < 4.78 is 10.2. The van der Waals surface area contributed by atoms with Gasteiger partial charge in [0.1, 0.15) is 13.2 Å². The molecule has 5 nitrogen and oxygen atoms in total. The molecule has 1 rings (SSSR count). The standard InChI is InChI=1S/C10H17NO4/c1-3-8-11-10(5-12,6-14-8)7-15-9(13)4-2/h12H,3-7H2,1-2H3. The summed E-state index contributed by atoms with van der Waals surface area (Å²) in [6.07, 6.45) is 1.01. The zero-order chi connectivity index (χ0) is 11.3. The number of carbonyl (C=O) groups is 1. The number of aliphatic hydroxyl groups is 1. The van der Waals surface area contributed by atoms with Crippen molar-refractivity contribution in [2.75, 3.05) is 19.8 Å². The number of aliphatic hydroxyl groups excluding tert-OH is 1. The molecular formula is C10H17NO4.